The summed E-state index contributed by atoms with van der Waals surface area (Å²) >= 11 is 1.80. The molecular formula is C11H17NOS. The van der Waals surface area contributed by atoms with Crippen molar-refractivity contribution in [2.75, 3.05) is 0 Å². The Bertz CT molecular complexity index is 252. The van der Waals surface area contributed by atoms with Crippen molar-refractivity contribution >= 4 is 11.3 Å². The fraction of sp³-hybridized carbons (Fsp3) is 0.636. The Labute approximate surface area is 89.0 Å². The number of thiophene rings is 1. The van der Waals surface area contributed by atoms with Crippen molar-refractivity contribution in [3.05, 3.63) is 22.4 Å². The van der Waals surface area contributed by atoms with Crippen LogP contribution in [0.4, 0.5) is 0 Å². The van der Waals surface area contributed by atoms with Gasteiger partial charge in [-0.1, -0.05) is 6.07 Å². The van der Waals surface area contributed by atoms with Crippen molar-refractivity contribution in [3.8, 4) is 0 Å². The van der Waals surface area contributed by atoms with Crippen LogP contribution in [0.15, 0.2) is 17.5 Å². The van der Waals surface area contributed by atoms with Crippen LogP contribution in [-0.2, 0) is 6.54 Å². The molecule has 78 valence electrons. The van der Waals surface area contributed by atoms with Crippen LogP contribution in [0.5, 0.6) is 0 Å². The molecule has 2 N–H and O–H groups in total. The quantitative estimate of drug-likeness (QED) is 0.803. The van der Waals surface area contributed by atoms with E-state index in [1.807, 2.05) is 0 Å². The molecule has 0 aliphatic heterocycles. The maximum absolute atomic E-state index is 9.35. The molecule has 0 spiro atoms. The van der Waals surface area contributed by atoms with Gasteiger partial charge in [-0.2, -0.15) is 0 Å². The molecule has 0 aromatic carbocycles. The lowest BCUT2D eigenvalue weighted by atomic mass is 9.93. The summed E-state index contributed by atoms with van der Waals surface area (Å²) in [5.41, 5.74) is 0. The fourth-order valence-corrected chi connectivity index (χ4v) is 2.59. The first kappa shape index (κ1) is 10.1. The highest BCUT2D eigenvalue weighted by atomic mass is 32.1. The molecule has 1 aliphatic carbocycles. The minimum Gasteiger partial charge on any atom is -0.393 e. The molecule has 0 saturated heterocycles. The lowest BCUT2D eigenvalue weighted by Gasteiger charge is -2.26. The minimum atomic E-state index is -0.0465. The summed E-state index contributed by atoms with van der Waals surface area (Å²) in [7, 11) is 0. The molecule has 2 rings (SSSR count). The van der Waals surface area contributed by atoms with Gasteiger partial charge in [-0.25, -0.2) is 0 Å². The Balaban J connectivity index is 1.71. The SMILES string of the molecule is OC1CCC(NCc2cccs2)CC1. The van der Waals surface area contributed by atoms with Crippen molar-refractivity contribution in [2.45, 2.75) is 44.4 Å². The number of hydrogen-bond donors (Lipinski definition) is 2. The molecule has 0 unspecified atom stereocenters. The molecule has 1 fully saturated rings. The van der Waals surface area contributed by atoms with Crippen molar-refractivity contribution in [3.63, 3.8) is 0 Å². The number of aliphatic hydroxyl groups excluding tert-OH is 1. The van der Waals surface area contributed by atoms with E-state index in [0.29, 0.717) is 6.04 Å². The lowest BCUT2D eigenvalue weighted by Crippen LogP contribution is -2.33. The van der Waals surface area contributed by atoms with Crippen LogP contribution >= 0.6 is 11.3 Å². The first-order valence-electron chi connectivity index (χ1n) is 5.28. The molecule has 1 saturated carbocycles. The molecule has 0 bridgehead atoms. The van der Waals surface area contributed by atoms with Crippen LogP contribution in [0.1, 0.15) is 30.6 Å². The summed E-state index contributed by atoms with van der Waals surface area (Å²) < 4.78 is 0. The number of aliphatic hydroxyl groups is 1. The Morgan fingerprint density at radius 1 is 1.36 bits per heavy atom. The van der Waals surface area contributed by atoms with Gasteiger partial charge in [0.2, 0.25) is 0 Å². The second-order valence-electron chi connectivity index (χ2n) is 3.97. The summed E-state index contributed by atoms with van der Waals surface area (Å²) in [6.45, 7) is 0.985. The Kier molecular flexibility index (Phi) is 3.56. The number of rotatable bonds is 3. The number of hydrogen-bond acceptors (Lipinski definition) is 3. The number of nitrogens with one attached hydrogen (secondary N) is 1. The van der Waals surface area contributed by atoms with Gasteiger partial charge in [0.1, 0.15) is 0 Å². The van der Waals surface area contributed by atoms with Crippen LogP contribution in [0.3, 0.4) is 0 Å². The summed E-state index contributed by atoms with van der Waals surface area (Å²) in [6.07, 6.45) is 4.11. The highest BCUT2D eigenvalue weighted by Gasteiger charge is 2.18. The second kappa shape index (κ2) is 4.91. The van der Waals surface area contributed by atoms with Crippen molar-refractivity contribution < 1.29 is 5.11 Å². The predicted molar refractivity (Wildman–Crippen MR) is 59.4 cm³/mol. The van der Waals surface area contributed by atoms with Gasteiger partial charge in [0.05, 0.1) is 6.10 Å². The highest BCUT2D eigenvalue weighted by molar-refractivity contribution is 7.09. The van der Waals surface area contributed by atoms with Gasteiger partial charge in [0, 0.05) is 17.5 Å². The topological polar surface area (TPSA) is 32.3 Å². The lowest BCUT2D eigenvalue weighted by molar-refractivity contribution is 0.116. The van der Waals surface area contributed by atoms with Gasteiger partial charge in [0.25, 0.3) is 0 Å². The average molecular weight is 211 g/mol. The van der Waals surface area contributed by atoms with Crippen LogP contribution in [-0.4, -0.2) is 17.3 Å². The van der Waals surface area contributed by atoms with Gasteiger partial charge in [0.15, 0.2) is 0 Å². The summed E-state index contributed by atoms with van der Waals surface area (Å²) in [4.78, 5) is 1.40. The van der Waals surface area contributed by atoms with Crippen molar-refractivity contribution in [1.29, 1.82) is 0 Å². The standard InChI is InChI=1S/C11H17NOS/c13-10-5-3-9(4-6-10)12-8-11-2-1-7-14-11/h1-2,7,9-10,12-13H,3-6,8H2. The van der Waals surface area contributed by atoms with Gasteiger partial charge in [-0.15, -0.1) is 11.3 Å². The first-order valence-corrected chi connectivity index (χ1v) is 6.16. The molecule has 1 aromatic heterocycles. The normalized spacial score (nSPS) is 27.8. The maximum atomic E-state index is 9.35. The molecule has 0 atom stereocenters. The van der Waals surface area contributed by atoms with Gasteiger partial charge >= 0.3 is 0 Å². The summed E-state index contributed by atoms with van der Waals surface area (Å²) in [5, 5.41) is 15.0. The molecule has 3 heteroatoms. The average Bonchev–Trinajstić information content (AvgIpc) is 2.70. The zero-order chi connectivity index (χ0) is 9.80. The minimum absolute atomic E-state index is 0.0465. The van der Waals surface area contributed by atoms with E-state index < -0.39 is 0 Å². The van der Waals surface area contributed by atoms with E-state index >= 15 is 0 Å². The molecule has 1 heterocycles. The molecule has 0 radical (unpaired) electrons. The molecular weight excluding hydrogens is 194 g/mol. The summed E-state index contributed by atoms with van der Waals surface area (Å²) in [5.74, 6) is 0. The zero-order valence-electron chi connectivity index (χ0n) is 8.28. The third kappa shape index (κ3) is 2.80. The third-order valence-electron chi connectivity index (χ3n) is 2.84. The van der Waals surface area contributed by atoms with E-state index in [1.54, 1.807) is 11.3 Å². The van der Waals surface area contributed by atoms with Crippen LogP contribution in [0, 0.1) is 0 Å². The molecule has 14 heavy (non-hydrogen) atoms. The highest BCUT2D eigenvalue weighted by Crippen LogP contribution is 2.19. The van der Waals surface area contributed by atoms with E-state index in [2.05, 4.69) is 22.8 Å². The van der Waals surface area contributed by atoms with E-state index in [-0.39, 0.29) is 6.10 Å². The Hall–Kier alpha value is -0.380. The maximum Gasteiger partial charge on any atom is 0.0541 e. The molecule has 2 nitrogen and oxygen atoms in total. The van der Waals surface area contributed by atoms with E-state index in [0.717, 1.165) is 32.2 Å². The molecule has 1 aliphatic rings. The Morgan fingerprint density at radius 2 is 2.14 bits per heavy atom. The monoisotopic (exact) mass is 211 g/mol. The van der Waals surface area contributed by atoms with Crippen LogP contribution < -0.4 is 5.32 Å². The largest absolute Gasteiger partial charge is 0.393 e. The third-order valence-corrected chi connectivity index (χ3v) is 3.72. The van der Waals surface area contributed by atoms with Crippen LogP contribution in [0.2, 0.25) is 0 Å². The van der Waals surface area contributed by atoms with Gasteiger partial charge in [-0.3, -0.25) is 0 Å². The van der Waals surface area contributed by atoms with Gasteiger partial charge in [-0.05, 0) is 37.1 Å². The van der Waals surface area contributed by atoms with E-state index in [4.69, 9.17) is 0 Å². The molecule has 0 amide bonds. The zero-order valence-corrected chi connectivity index (χ0v) is 9.09. The van der Waals surface area contributed by atoms with Crippen molar-refractivity contribution in [2.24, 2.45) is 0 Å². The van der Waals surface area contributed by atoms with E-state index in [1.165, 1.54) is 4.88 Å². The van der Waals surface area contributed by atoms with Gasteiger partial charge < -0.3 is 10.4 Å². The molecule has 1 aromatic rings. The summed E-state index contributed by atoms with van der Waals surface area (Å²) in [6, 6.07) is 4.86. The first-order chi connectivity index (χ1) is 6.84. The second-order valence-corrected chi connectivity index (χ2v) is 5.00. The Morgan fingerprint density at radius 3 is 2.79 bits per heavy atom. The van der Waals surface area contributed by atoms with E-state index in [9.17, 15) is 5.11 Å². The van der Waals surface area contributed by atoms with Crippen LogP contribution in [0.25, 0.3) is 0 Å². The smallest absolute Gasteiger partial charge is 0.0541 e. The fourth-order valence-electron chi connectivity index (χ4n) is 1.94. The predicted octanol–water partition coefficient (Wildman–Crippen LogP) is 2.14. The van der Waals surface area contributed by atoms with Crippen molar-refractivity contribution in [1.82, 2.24) is 5.32 Å².